The molecular formula is C15H25NO2. The van der Waals surface area contributed by atoms with Gasteiger partial charge in [-0.1, -0.05) is 30.7 Å². The molecule has 0 fully saturated rings. The van der Waals surface area contributed by atoms with Crippen molar-refractivity contribution in [2.24, 2.45) is 5.41 Å². The minimum absolute atomic E-state index is 0.000714. The molecule has 0 aliphatic heterocycles. The molecule has 1 aromatic carbocycles. The van der Waals surface area contributed by atoms with Crippen molar-refractivity contribution in [3.05, 3.63) is 34.9 Å². The van der Waals surface area contributed by atoms with Gasteiger partial charge in [-0.25, -0.2) is 0 Å². The number of hydrogen-bond donors (Lipinski definition) is 2. The highest BCUT2D eigenvalue weighted by Crippen LogP contribution is 2.18. The van der Waals surface area contributed by atoms with Gasteiger partial charge in [0.15, 0.2) is 0 Å². The van der Waals surface area contributed by atoms with E-state index in [0.717, 1.165) is 6.54 Å². The first-order chi connectivity index (χ1) is 8.40. The van der Waals surface area contributed by atoms with Gasteiger partial charge in [-0.05, 0) is 32.0 Å². The van der Waals surface area contributed by atoms with Crippen LogP contribution in [0.15, 0.2) is 18.2 Å². The molecule has 1 aromatic rings. The molecule has 0 radical (unpaired) electrons. The maximum atomic E-state index is 9.30. The first-order valence-electron chi connectivity index (χ1n) is 6.36. The van der Waals surface area contributed by atoms with E-state index in [1.54, 1.807) is 0 Å². The minimum Gasteiger partial charge on any atom is -0.396 e. The monoisotopic (exact) mass is 251 g/mol. The highest BCUT2D eigenvalue weighted by molar-refractivity contribution is 5.30. The van der Waals surface area contributed by atoms with Crippen LogP contribution in [0.4, 0.5) is 0 Å². The van der Waals surface area contributed by atoms with Gasteiger partial charge in [0.25, 0.3) is 0 Å². The quantitative estimate of drug-likeness (QED) is 0.809. The van der Waals surface area contributed by atoms with E-state index in [-0.39, 0.29) is 13.2 Å². The Bertz CT molecular complexity index is 386. The number of rotatable bonds is 6. The molecule has 0 aliphatic carbocycles. The van der Waals surface area contributed by atoms with Crippen LogP contribution in [0.2, 0.25) is 0 Å². The van der Waals surface area contributed by atoms with Crippen LogP contribution in [0.25, 0.3) is 0 Å². The lowest BCUT2D eigenvalue weighted by molar-refractivity contribution is 0.0401. The molecule has 0 aromatic heterocycles. The normalized spacial score (nSPS) is 12.2. The molecule has 0 amide bonds. The molecule has 0 heterocycles. The average molecular weight is 251 g/mol. The summed E-state index contributed by atoms with van der Waals surface area (Å²) in [6.07, 6.45) is 0. The van der Waals surface area contributed by atoms with E-state index in [1.807, 2.05) is 14.0 Å². The van der Waals surface area contributed by atoms with Crippen LogP contribution in [0.3, 0.4) is 0 Å². The molecule has 0 saturated carbocycles. The van der Waals surface area contributed by atoms with Crippen molar-refractivity contribution in [3.63, 3.8) is 0 Å². The van der Waals surface area contributed by atoms with E-state index in [1.165, 1.54) is 16.7 Å². The molecule has 3 heteroatoms. The summed E-state index contributed by atoms with van der Waals surface area (Å²) in [5.74, 6) is 0. The fourth-order valence-corrected chi connectivity index (χ4v) is 2.17. The lowest BCUT2D eigenvalue weighted by Crippen LogP contribution is -2.38. The zero-order valence-corrected chi connectivity index (χ0v) is 11.9. The van der Waals surface area contributed by atoms with Crippen molar-refractivity contribution < 1.29 is 10.2 Å². The largest absolute Gasteiger partial charge is 0.396 e. The second-order valence-corrected chi connectivity index (χ2v) is 5.73. The number of nitrogens with zero attached hydrogens (tertiary/aromatic N) is 1. The number of aryl methyl sites for hydroxylation is 2. The third-order valence-corrected chi connectivity index (χ3v) is 3.35. The molecule has 0 unspecified atom stereocenters. The topological polar surface area (TPSA) is 43.7 Å². The lowest BCUT2D eigenvalue weighted by Gasteiger charge is -2.30. The van der Waals surface area contributed by atoms with Crippen LogP contribution in [0.1, 0.15) is 23.6 Å². The van der Waals surface area contributed by atoms with Gasteiger partial charge in [0.05, 0.1) is 13.2 Å². The third kappa shape index (κ3) is 4.09. The van der Waals surface area contributed by atoms with E-state index in [0.29, 0.717) is 6.54 Å². The van der Waals surface area contributed by atoms with Gasteiger partial charge in [-0.15, -0.1) is 0 Å². The Morgan fingerprint density at radius 1 is 1.17 bits per heavy atom. The van der Waals surface area contributed by atoms with E-state index < -0.39 is 5.41 Å². The average Bonchev–Trinajstić information content (AvgIpc) is 2.32. The van der Waals surface area contributed by atoms with Crippen molar-refractivity contribution >= 4 is 0 Å². The molecule has 0 atom stereocenters. The van der Waals surface area contributed by atoms with Crippen LogP contribution in [-0.4, -0.2) is 41.9 Å². The standard InChI is InChI=1S/C15H25NO2/c1-12-5-6-14(13(2)7-12)8-16(4)9-15(3,10-17)11-18/h5-7,17-18H,8-11H2,1-4H3. The van der Waals surface area contributed by atoms with Gasteiger partial charge in [-0.2, -0.15) is 0 Å². The zero-order valence-electron chi connectivity index (χ0n) is 11.9. The number of benzene rings is 1. The van der Waals surface area contributed by atoms with E-state index >= 15 is 0 Å². The van der Waals surface area contributed by atoms with Gasteiger partial charge >= 0.3 is 0 Å². The van der Waals surface area contributed by atoms with Crippen LogP contribution in [0.5, 0.6) is 0 Å². The summed E-state index contributed by atoms with van der Waals surface area (Å²) in [5.41, 5.74) is 3.42. The first-order valence-corrected chi connectivity index (χ1v) is 6.36. The summed E-state index contributed by atoms with van der Waals surface area (Å²) in [7, 11) is 2.02. The summed E-state index contributed by atoms with van der Waals surface area (Å²) in [4.78, 5) is 2.14. The molecule has 0 spiro atoms. The Balaban J connectivity index is 2.67. The molecule has 1 rings (SSSR count). The fraction of sp³-hybridized carbons (Fsp3) is 0.600. The SMILES string of the molecule is Cc1ccc(CN(C)CC(C)(CO)CO)c(C)c1. The predicted molar refractivity (Wildman–Crippen MR) is 74.5 cm³/mol. The molecule has 0 aliphatic rings. The molecule has 0 bridgehead atoms. The maximum absolute atomic E-state index is 9.30. The van der Waals surface area contributed by atoms with Crippen LogP contribution >= 0.6 is 0 Å². The molecule has 2 N–H and O–H groups in total. The van der Waals surface area contributed by atoms with Gasteiger partial charge in [0.2, 0.25) is 0 Å². The second-order valence-electron chi connectivity index (χ2n) is 5.73. The van der Waals surface area contributed by atoms with Crippen molar-refractivity contribution in [2.75, 3.05) is 26.8 Å². The number of hydrogen-bond acceptors (Lipinski definition) is 3. The van der Waals surface area contributed by atoms with E-state index in [9.17, 15) is 10.2 Å². The van der Waals surface area contributed by atoms with Crippen LogP contribution in [0, 0.1) is 19.3 Å². The molecule has 18 heavy (non-hydrogen) atoms. The highest BCUT2D eigenvalue weighted by Gasteiger charge is 2.24. The molecule has 0 saturated heterocycles. The number of aliphatic hydroxyl groups excluding tert-OH is 2. The predicted octanol–water partition coefficient (Wildman–Crippen LogP) is 1.73. The van der Waals surface area contributed by atoms with Crippen molar-refractivity contribution in [1.82, 2.24) is 4.90 Å². The van der Waals surface area contributed by atoms with Crippen LogP contribution in [-0.2, 0) is 6.54 Å². The third-order valence-electron chi connectivity index (χ3n) is 3.35. The molecule has 102 valence electrons. The summed E-state index contributed by atoms with van der Waals surface area (Å²) >= 11 is 0. The summed E-state index contributed by atoms with van der Waals surface area (Å²) in [6.45, 7) is 7.62. The Labute approximate surface area is 110 Å². The van der Waals surface area contributed by atoms with E-state index in [2.05, 4.69) is 36.9 Å². The lowest BCUT2D eigenvalue weighted by atomic mass is 9.92. The fourth-order valence-electron chi connectivity index (χ4n) is 2.17. The molecule has 3 nitrogen and oxygen atoms in total. The van der Waals surface area contributed by atoms with Gasteiger partial charge in [0, 0.05) is 18.5 Å². The smallest absolute Gasteiger partial charge is 0.0519 e. The zero-order chi connectivity index (χ0) is 13.8. The van der Waals surface area contributed by atoms with Crippen molar-refractivity contribution in [2.45, 2.75) is 27.3 Å². The minimum atomic E-state index is -0.437. The first kappa shape index (κ1) is 15.2. The summed E-state index contributed by atoms with van der Waals surface area (Å²) < 4.78 is 0. The number of aliphatic hydroxyl groups is 2. The Hall–Kier alpha value is -0.900. The van der Waals surface area contributed by atoms with E-state index in [4.69, 9.17) is 0 Å². The van der Waals surface area contributed by atoms with Crippen molar-refractivity contribution in [3.8, 4) is 0 Å². The summed E-state index contributed by atoms with van der Waals surface area (Å²) in [6, 6.07) is 6.45. The maximum Gasteiger partial charge on any atom is 0.0519 e. The van der Waals surface area contributed by atoms with Gasteiger partial charge < -0.3 is 15.1 Å². The molecular weight excluding hydrogens is 226 g/mol. The van der Waals surface area contributed by atoms with Gasteiger partial charge in [0.1, 0.15) is 0 Å². The van der Waals surface area contributed by atoms with Crippen LogP contribution < -0.4 is 0 Å². The second kappa shape index (κ2) is 6.32. The summed E-state index contributed by atoms with van der Waals surface area (Å²) in [5, 5.41) is 18.6. The Morgan fingerprint density at radius 2 is 1.78 bits per heavy atom. The van der Waals surface area contributed by atoms with Crippen molar-refractivity contribution in [1.29, 1.82) is 0 Å². The highest BCUT2D eigenvalue weighted by atomic mass is 16.3. The Morgan fingerprint density at radius 3 is 2.28 bits per heavy atom. The Kier molecular flexibility index (Phi) is 5.32. The van der Waals surface area contributed by atoms with Gasteiger partial charge in [-0.3, -0.25) is 0 Å².